The summed E-state index contributed by atoms with van der Waals surface area (Å²) in [5, 5.41) is 15.6. The number of nitrogens with one attached hydrogen (secondary N) is 2. The molecule has 3 rings (SSSR count). The zero-order chi connectivity index (χ0) is 23.0. The van der Waals surface area contributed by atoms with Crippen LogP contribution in [0.1, 0.15) is 57.6 Å². The van der Waals surface area contributed by atoms with E-state index in [1.807, 2.05) is 18.5 Å². The fourth-order valence-corrected chi connectivity index (χ4v) is 4.51. The molecular formula is C25H41N7. The van der Waals surface area contributed by atoms with Gasteiger partial charge in [0.15, 0.2) is 11.8 Å². The average molecular weight is 440 g/mol. The molecule has 1 saturated carbocycles. The molecule has 7 nitrogen and oxygen atoms in total. The third kappa shape index (κ3) is 6.71. The van der Waals surface area contributed by atoms with Gasteiger partial charge in [-0.05, 0) is 56.1 Å². The van der Waals surface area contributed by atoms with E-state index in [0.717, 1.165) is 49.6 Å². The minimum atomic E-state index is 0.422. The van der Waals surface area contributed by atoms with E-state index in [1.54, 1.807) is 0 Å². The molecule has 0 unspecified atom stereocenters. The van der Waals surface area contributed by atoms with E-state index in [4.69, 9.17) is 4.99 Å². The van der Waals surface area contributed by atoms with Gasteiger partial charge in [-0.15, -0.1) is 10.2 Å². The van der Waals surface area contributed by atoms with Gasteiger partial charge in [-0.1, -0.05) is 38.5 Å². The highest BCUT2D eigenvalue weighted by molar-refractivity contribution is 5.79. The summed E-state index contributed by atoms with van der Waals surface area (Å²) in [7, 11) is 4.14. The Balaban J connectivity index is 1.55. The van der Waals surface area contributed by atoms with Crippen LogP contribution in [0.4, 0.5) is 5.69 Å². The Kier molecular flexibility index (Phi) is 8.53. The number of benzene rings is 1. The summed E-state index contributed by atoms with van der Waals surface area (Å²) in [5.74, 6) is 3.39. The summed E-state index contributed by atoms with van der Waals surface area (Å²) in [6.45, 7) is 9.99. The highest BCUT2D eigenvalue weighted by atomic mass is 15.3. The van der Waals surface area contributed by atoms with Crippen LogP contribution in [0.5, 0.6) is 0 Å². The van der Waals surface area contributed by atoms with Gasteiger partial charge in [-0.3, -0.25) is 0 Å². The number of hydrogen-bond acceptors (Lipinski definition) is 4. The normalized spacial score (nSPS) is 15.5. The van der Waals surface area contributed by atoms with Crippen LogP contribution in [0, 0.1) is 18.3 Å². The maximum atomic E-state index is 4.84. The summed E-state index contributed by atoms with van der Waals surface area (Å²) in [4.78, 5) is 7.13. The lowest BCUT2D eigenvalue weighted by Gasteiger charge is -2.43. The standard InChI is InChI=1S/C25H41N7/c1-20(2)17-25(13-9-14-25)19-28-24(27-18-23-30-29-21(3)32(23)5)26-15-10-16-31(4)22-11-7-6-8-12-22/h6-8,11-12,20H,9-10,13-19H2,1-5H3,(H2,26,27,28). The largest absolute Gasteiger partial charge is 0.375 e. The Morgan fingerprint density at radius 3 is 2.53 bits per heavy atom. The molecule has 0 atom stereocenters. The molecule has 0 aliphatic heterocycles. The first kappa shape index (κ1) is 24.1. The van der Waals surface area contributed by atoms with E-state index in [2.05, 4.69) is 77.0 Å². The molecule has 1 fully saturated rings. The number of hydrogen-bond donors (Lipinski definition) is 2. The molecular weight excluding hydrogens is 398 g/mol. The molecule has 32 heavy (non-hydrogen) atoms. The third-order valence-corrected chi connectivity index (χ3v) is 6.61. The Bertz CT molecular complexity index is 852. The Morgan fingerprint density at radius 1 is 1.19 bits per heavy atom. The van der Waals surface area contributed by atoms with E-state index in [1.165, 1.54) is 31.4 Å². The highest BCUT2D eigenvalue weighted by Crippen LogP contribution is 2.45. The van der Waals surface area contributed by atoms with Crippen LogP contribution in [0.25, 0.3) is 0 Å². The molecule has 0 saturated heterocycles. The van der Waals surface area contributed by atoms with E-state index in [-0.39, 0.29) is 0 Å². The van der Waals surface area contributed by atoms with Crippen molar-refractivity contribution in [2.75, 3.05) is 31.6 Å². The average Bonchev–Trinajstić information content (AvgIpc) is 3.08. The number of rotatable bonds is 11. The second kappa shape index (κ2) is 11.3. The minimum absolute atomic E-state index is 0.422. The fourth-order valence-electron chi connectivity index (χ4n) is 4.51. The number of guanidine groups is 1. The summed E-state index contributed by atoms with van der Waals surface area (Å²) >= 11 is 0. The van der Waals surface area contributed by atoms with Crippen molar-refractivity contribution in [3.8, 4) is 0 Å². The fraction of sp³-hybridized carbons (Fsp3) is 0.640. The summed E-state index contributed by atoms with van der Waals surface area (Å²) in [6.07, 6.45) is 6.29. The number of para-hydroxylation sites is 1. The summed E-state index contributed by atoms with van der Waals surface area (Å²) in [5.41, 5.74) is 1.67. The highest BCUT2D eigenvalue weighted by Gasteiger charge is 2.37. The van der Waals surface area contributed by atoms with Gasteiger partial charge in [0.2, 0.25) is 0 Å². The minimum Gasteiger partial charge on any atom is -0.375 e. The second-order valence-corrected chi connectivity index (χ2v) is 9.73. The summed E-state index contributed by atoms with van der Waals surface area (Å²) < 4.78 is 2.00. The Morgan fingerprint density at radius 2 is 1.94 bits per heavy atom. The first-order valence-corrected chi connectivity index (χ1v) is 12.0. The maximum absolute atomic E-state index is 4.84. The zero-order valence-electron chi connectivity index (χ0n) is 20.6. The zero-order valence-corrected chi connectivity index (χ0v) is 20.6. The molecule has 0 amide bonds. The predicted octanol–water partition coefficient (Wildman–Crippen LogP) is 3.90. The van der Waals surface area contributed by atoms with Crippen molar-refractivity contribution >= 4 is 11.6 Å². The van der Waals surface area contributed by atoms with Crippen LogP contribution in [0.3, 0.4) is 0 Å². The van der Waals surface area contributed by atoms with Gasteiger partial charge in [-0.25, -0.2) is 4.99 Å². The lowest BCUT2D eigenvalue weighted by Crippen LogP contribution is -2.47. The first-order chi connectivity index (χ1) is 15.4. The molecule has 0 bridgehead atoms. The van der Waals surface area contributed by atoms with Crippen molar-refractivity contribution in [1.82, 2.24) is 25.4 Å². The summed E-state index contributed by atoms with van der Waals surface area (Å²) in [6, 6.07) is 10.5. The molecule has 176 valence electrons. The van der Waals surface area contributed by atoms with Crippen LogP contribution < -0.4 is 15.5 Å². The van der Waals surface area contributed by atoms with Gasteiger partial charge in [0, 0.05) is 39.4 Å². The van der Waals surface area contributed by atoms with Crippen LogP contribution in [-0.2, 0) is 13.6 Å². The van der Waals surface area contributed by atoms with Gasteiger partial charge < -0.3 is 20.1 Å². The Hall–Kier alpha value is -2.57. The van der Waals surface area contributed by atoms with Crippen molar-refractivity contribution in [2.24, 2.45) is 23.4 Å². The molecule has 2 aromatic rings. The Labute approximate surface area is 193 Å². The number of aliphatic imine (C=N–C) groups is 1. The number of aryl methyl sites for hydroxylation is 1. The lowest BCUT2D eigenvalue weighted by atomic mass is 9.64. The van der Waals surface area contributed by atoms with Crippen LogP contribution in [0.2, 0.25) is 0 Å². The molecule has 0 radical (unpaired) electrons. The third-order valence-electron chi connectivity index (χ3n) is 6.61. The molecule has 1 aliphatic carbocycles. The van der Waals surface area contributed by atoms with Crippen molar-refractivity contribution < 1.29 is 0 Å². The number of aromatic nitrogens is 3. The van der Waals surface area contributed by atoms with E-state index in [0.29, 0.717) is 12.0 Å². The van der Waals surface area contributed by atoms with Gasteiger partial charge in [-0.2, -0.15) is 0 Å². The maximum Gasteiger partial charge on any atom is 0.191 e. The SMILES string of the molecule is Cc1nnc(CN=C(NCCCN(C)c2ccccc2)NCC2(CC(C)C)CCC2)n1C. The van der Waals surface area contributed by atoms with Gasteiger partial charge in [0.1, 0.15) is 12.4 Å². The van der Waals surface area contributed by atoms with Gasteiger partial charge in [0.05, 0.1) is 0 Å². The van der Waals surface area contributed by atoms with Crippen LogP contribution >= 0.6 is 0 Å². The molecule has 2 N–H and O–H groups in total. The molecule has 7 heteroatoms. The molecule has 1 aromatic heterocycles. The van der Waals surface area contributed by atoms with Crippen molar-refractivity contribution in [3.05, 3.63) is 42.0 Å². The monoisotopic (exact) mass is 439 g/mol. The number of anilines is 1. The van der Waals surface area contributed by atoms with Crippen molar-refractivity contribution in [1.29, 1.82) is 0 Å². The predicted molar refractivity (Wildman–Crippen MR) is 133 cm³/mol. The molecule has 0 spiro atoms. The van der Waals surface area contributed by atoms with Crippen LogP contribution in [-0.4, -0.2) is 47.4 Å². The van der Waals surface area contributed by atoms with Gasteiger partial charge >= 0.3 is 0 Å². The first-order valence-electron chi connectivity index (χ1n) is 12.0. The second-order valence-electron chi connectivity index (χ2n) is 9.73. The quantitative estimate of drug-likeness (QED) is 0.316. The number of nitrogens with zero attached hydrogens (tertiary/aromatic N) is 5. The molecule has 1 aliphatic rings. The van der Waals surface area contributed by atoms with E-state index in [9.17, 15) is 0 Å². The topological polar surface area (TPSA) is 70.4 Å². The lowest BCUT2D eigenvalue weighted by molar-refractivity contribution is 0.104. The molecule has 1 aromatic carbocycles. The van der Waals surface area contributed by atoms with E-state index < -0.39 is 0 Å². The van der Waals surface area contributed by atoms with Gasteiger partial charge in [0.25, 0.3) is 0 Å². The smallest absolute Gasteiger partial charge is 0.191 e. The van der Waals surface area contributed by atoms with Crippen LogP contribution in [0.15, 0.2) is 35.3 Å². The van der Waals surface area contributed by atoms with Crippen molar-refractivity contribution in [3.63, 3.8) is 0 Å². The van der Waals surface area contributed by atoms with Crippen molar-refractivity contribution in [2.45, 2.75) is 59.4 Å². The molecule has 1 heterocycles. The van der Waals surface area contributed by atoms with E-state index >= 15 is 0 Å².